The van der Waals surface area contributed by atoms with Crippen molar-refractivity contribution >= 4 is 34.1 Å². The summed E-state index contributed by atoms with van der Waals surface area (Å²) in [7, 11) is 0. The maximum Gasteiger partial charge on any atom is 0.236 e. The molecule has 1 aliphatic rings. The van der Waals surface area contributed by atoms with Gasteiger partial charge in [0.05, 0.1) is 5.75 Å². The van der Waals surface area contributed by atoms with Crippen LogP contribution in [0.1, 0.15) is 30.7 Å². The van der Waals surface area contributed by atoms with Gasteiger partial charge in [-0.2, -0.15) is 0 Å². The fourth-order valence-electron chi connectivity index (χ4n) is 2.56. The van der Waals surface area contributed by atoms with Gasteiger partial charge in [-0.25, -0.2) is 4.39 Å². The van der Waals surface area contributed by atoms with Crippen LogP contribution in [0.5, 0.6) is 0 Å². The summed E-state index contributed by atoms with van der Waals surface area (Å²) in [5, 5.41) is 21.5. The van der Waals surface area contributed by atoms with Crippen LogP contribution in [0.3, 0.4) is 0 Å². The van der Waals surface area contributed by atoms with Gasteiger partial charge >= 0.3 is 0 Å². The molecule has 0 bridgehead atoms. The summed E-state index contributed by atoms with van der Waals surface area (Å²) in [6, 6.07) is 6.11. The summed E-state index contributed by atoms with van der Waals surface area (Å²) >= 11 is 2.74. The van der Waals surface area contributed by atoms with Gasteiger partial charge in [0.25, 0.3) is 0 Å². The molecule has 0 saturated heterocycles. The number of rotatable bonds is 7. The third-order valence-corrected chi connectivity index (χ3v) is 6.05. The summed E-state index contributed by atoms with van der Waals surface area (Å²) in [6.07, 6.45) is 2.31. The molecule has 1 fully saturated rings. The van der Waals surface area contributed by atoms with Gasteiger partial charge < -0.3 is 4.57 Å². The third kappa shape index (κ3) is 4.16. The van der Waals surface area contributed by atoms with Crippen molar-refractivity contribution in [3.8, 4) is 11.4 Å². The van der Waals surface area contributed by atoms with Gasteiger partial charge in [-0.3, -0.25) is 10.1 Å². The molecule has 2 aromatic heterocycles. The minimum Gasteiger partial charge on any atom is -0.302 e. The molecule has 2 heterocycles. The Hall–Kier alpha value is -2.33. The zero-order chi connectivity index (χ0) is 18.8. The van der Waals surface area contributed by atoms with E-state index in [-0.39, 0.29) is 17.5 Å². The fourth-order valence-corrected chi connectivity index (χ4v) is 4.29. The number of carbonyl (C=O) groups is 1. The highest BCUT2D eigenvalue weighted by molar-refractivity contribution is 7.99. The van der Waals surface area contributed by atoms with Crippen LogP contribution in [0.25, 0.3) is 11.4 Å². The Labute approximate surface area is 163 Å². The SMILES string of the molecule is CCn1c(SCC(=O)Nc2nnc(C3CC3)s2)nnc1-c1ccc(F)cc1. The molecule has 7 nitrogen and oxygen atoms in total. The fraction of sp³-hybridized carbons (Fsp3) is 0.353. The highest BCUT2D eigenvalue weighted by Gasteiger charge is 2.27. The van der Waals surface area contributed by atoms with Crippen molar-refractivity contribution in [1.29, 1.82) is 0 Å². The van der Waals surface area contributed by atoms with Gasteiger partial charge in [-0.05, 0) is 44.0 Å². The van der Waals surface area contributed by atoms with E-state index in [4.69, 9.17) is 0 Å². The number of nitrogens with zero attached hydrogens (tertiary/aromatic N) is 5. The Bertz CT molecular complexity index is 951. The Morgan fingerprint density at radius 3 is 2.74 bits per heavy atom. The first-order chi connectivity index (χ1) is 13.1. The number of benzene rings is 1. The van der Waals surface area contributed by atoms with E-state index < -0.39 is 0 Å². The van der Waals surface area contributed by atoms with Crippen molar-refractivity contribution in [2.24, 2.45) is 0 Å². The summed E-state index contributed by atoms with van der Waals surface area (Å²) in [4.78, 5) is 12.2. The van der Waals surface area contributed by atoms with Crippen LogP contribution in [-0.2, 0) is 11.3 Å². The van der Waals surface area contributed by atoms with Crippen LogP contribution in [0.4, 0.5) is 9.52 Å². The van der Waals surface area contributed by atoms with Gasteiger partial charge in [-0.15, -0.1) is 20.4 Å². The lowest BCUT2D eigenvalue weighted by atomic mass is 10.2. The van der Waals surface area contributed by atoms with Crippen molar-refractivity contribution in [3.05, 3.63) is 35.1 Å². The van der Waals surface area contributed by atoms with Crippen molar-refractivity contribution in [1.82, 2.24) is 25.0 Å². The molecule has 1 aromatic carbocycles. The summed E-state index contributed by atoms with van der Waals surface area (Å²) in [5.74, 6) is 0.913. The molecule has 1 N–H and O–H groups in total. The topological polar surface area (TPSA) is 85.6 Å². The number of thioether (sulfide) groups is 1. The maximum atomic E-state index is 13.1. The molecule has 1 aliphatic carbocycles. The first-order valence-electron chi connectivity index (χ1n) is 8.59. The average Bonchev–Trinajstić information content (AvgIpc) is 3.28. The third-order valence-electron chi connectivity index (χ3n) is 4.08. The zero-order valence-corrected chi connectivity index (χ0v) is 16.2. The number of hydrogen-bond acceptors (Lipinski definition) is 7. The van der Waals surface area contributed by atoms with Crippen LogP contribution < -0.4 is 5.32 Å². The molecular weight excluding hydrogens is 387 g/mol. The Morgan fingerprint density at radius 2 is 2.04 bits per heavy atom. The first kappa shape index (κ1) is 18.1. The second-order valence-corrected chi connectivity index (χ2v) is 8.07. The minimum absolute atomic E-state index is 0.160. The van der Waals surface area contributed by atoms with Crippen molar-refractivity contribution in [2.75, 3.05) is 11.1 Å². The average molecular weight is 404 g/mol. The molecule has 27 heavy (non-hydrogen) atoms. The van der Waals surface area contributed by atoms with E-state index in [1.165, 1.54) is 35.2 Å². The molecule has 0 aliphatic heterocycles. The predicted octanol–water partition coefficient (Wildman–Crippen LogP) is 3.56. The van der Waals surface area contributed by atoms with Gasteiger partial charge in [0.1, 0.15) is 10.8 Å². The standard InChI is InChI=1S/C17H17FN6OS2/c1-2-24-14(10-5-7-12(18)8-6-10)20-23-17(24)26-9-13(25)19-16-22-21-15(27-16)11-3-4-11/h5-8,11H,2-4,9H2,1H3,(H,19,22,25). The molecule has 0 atom stereocenters. The van der Waals surface area contributed by atoms with Crippen LogP contribution in [-0.4, -0.2) is 36.6 Å². The Kier molecular flexibility index (Phi) is 5.17. The molecule has 3 aromatic rings. The Balaban J connectivity index is 1.39. The molecule has 0 unspecified atom stereocenters. The predicted molar refractivity (Wildman–Crippen MR) is 102 cm³/mol. The smallest absolute Gasteiger partial charge is 0.236 e. The number of hydrogen-bond donors (Lipinski definition) is 1. The van der Waals surface area contributed by atoms with E-state index in [0.29, 0.717) is 28.6 Å². The molecule has 0 spiro atoms. The number of carbonyl (C=O) groups excluding carboxylic acids is 1. The van der Waals surface area contributed by atoms with Crippen LogP contribution in [0, 0.1) is 5.82 Å². The van der Waals surface area contributed by atoms with Gasteiger partial charge in [-0.1, -0.05) is 23.1 Å². The van der Waals surface area contributed by atoms with Gasteiger partial charge in [0.15, 0.2) is 11.0 Å². The largest absolute Gasteiger partial charge is 0.302 e. The van der Waals surface area contributed by atoms with Crippen LogP contribution in [0.15, 0.2) is 29.4 Å². The van der Waals surface area contributed by atoms with Gasteiger partial charge in [0, 0.05) is 18.0 Å². The number of halogens is 1. The van der Waals surface area contributed by atoms with E-state index in [2.05, 4.69) is 25.7 Å². The molecular formula is C17H17FN6OS2. The minimum atomic E-state index is -0.297. The van der Waals surface area contributed by atoms with Crippen molar-refractivity contribution in [3.63, 3.8) is 0 Å². The van der Waals surface area contributed by atoms with Gasteiger partial charge in [0.2, 0.25) is 11.0 Å². The second kappa shape index (κ2) is 7.73. The lowest BCUT2D eigenvalue weighted by Crippen LogP contribution is -2.14. The highest BCUT2D eigenvalue weighted by atomic mass is 32.2. The highest BCUT2D eigenvalue weighted by Crippen LogP contribution is 2.42. The first-order valence-corrected chi connectivity index (χ1v) is 10.4. The van der Waals surface area contributed by atoms with Crippen molar-refractivity contribution in [2.45, 2.75) is 37.4 Å². The van der Waals surface area contributed by atoms with Crippen molar-refractivity contribution < 1.29 is 9.18 Å². The monoisotopic (exact) mass is 404 g/mol. The molecule has 140 valence electrons. The quantitative estimate of drug-likeness (QED) is 0.606. The van der Waals surface area contributed by atoms with Crippen LogP contribution in [0.2, 0.25) is 0 Å². The lowest BCUT2D eigenvalue weighted by molar-refractivity contribution is -0.113. The van der Waals surface area contributed by atoms with Crippen LogP contribution >= 0.6 is 23.1 Å². The van der Waals surface area contributed by atoms with E-state index in [9.17, 15) is 9.18 Å². The van der Waals surface area contributed by atoms with E-state index in [1.54, 1.807) is 12.1 Å². The molecule has 1 saturated carbocycles. The van der Waals surface area contributed by atoms with E-state index in [0.717, 1.165) is 23.4 Å². The molecule has 10 heteroatoms. The number of aromatic nitrogens is 5. The number of anilines is 1. The lowest BCUT2D eigenvalue weighted by Gasteiger charge is -2.07. The number of nitrogens with one attached hydrogen (secondary N) is 1. The zero-order valence-electron chi connectivity index (χ0n) is 14.6. The summed E-state index contributed by atoms with van der Waals surface area (Å²) in [5.41, 5.74) is 0.781. The molecule has 1 amide bonds. The van der Waals surface area contributed by atoms with E-state index >= 15 is 0 Å². The van der Waals surface area contributed by atoms with E-state index in [1.807, 2.05) is 11.5 Å². The normalized spacial score (nSPS) is 13.7. The summed E-state index contributed by atoms with van der Waals surface area (Å²) < 4.78 is 15.0. The molecule has 4 rings (SSSR count). The summed E-state index contributed by atoms with van der Waals surface area (Å²) in [6.45, 7) is 2.62. The Morgan fingerprint density at radius 1 is 1.26 bits per heavy atom. The molecule has 0 radical (unpaired) electrons. The second-order valence-electron chi connectivity index (χ2n) is 6.11. The maximum absolute atomic E-state index is 13.1. The number of amides is 1.